The van der Waals surface area contributed by atoms with Crippen molar-refractivity contribution in [2.24, 2.45) is 5.41 Å². The summed E-state index contributed by atoms with van der Waals surface area (Å²) in [7, 11) is -7.71. The molecule has 0 saturated carbocycles. The van der Waals surface area contributed by atoms with E-state index in [-0.39, 0.29) is 16.9 Å². The van der Waals surface area contributed by atoms with Crippen molar-refractivity contribution < 1.29 is 30.2 Å². The molecule has 1 rings (SSSR count). The zero-order chi connectivity index (χ0) is 20.1. The van der Waals surface area contributed by atoms with E-state index in [0.717, 1.165) is 0 Å². The number of alkyl halides is 3. The number of rotatable bonds is 4. The van der Waals surface area contributed by atoms with Crippen LogP contribution in [0.3, 0.4) is 0 Å². The van der Waals surface area contributed by atoms with Gasteiger partial charge >= 0.3 is 15.6 Å². The summed E-state index contributed by atoms with van der Waals surface area (Å²) in [6, 6.07) is 0. The molecule has 1 atom stereocenters. The maximum atomic E-state index is 12.6. The molecule has 1 aliphatic carbocycles. The third-order valence-corrected chi connectivity index (χ3v) is 10.5. The van der Waals surface area contributed by atoms with Crippen LogP contribution in [0.5, 0.6) is 0 Å². The van der Waals surface area contributed by atoms with Gasteiger partial charge in [0, 0.05) is 11.5 Å². The fourth-order valence-electron chi connectivity index (χ4n) is 2.76. The van der Waals surface area contributed by atoms with Gasteiger partial charge in [-0.2, -0.15) is 21.6 Å². The van der Waals surface area contributed by atoms with Crippen LogP contribution in [0, 0.1) is 5.41 Å². The van der Waals surface area contributed by atoms with Crippen LogP contribution in [0.25, 0.3) is 0 Å². The molecular weight excluding hydrogens is 373 g/mol. The van der Waals surface area contributed by atoms with Gasteiger partial charge in [-0.05, 0) is 43.5 Å². The van der Waals surface area contributed by atoms with Crippen LogP contribution < -0.4 is 0 Å². The minimum absolute atomic E-state index is 0.00512. The molecule has 0 spiro atoms. The number of allylic oxidation sites excluding steroid dienone is 1. The van der Waals surface area contributed by atoms with Crippen molar-refractivity contribution in [3.05, 3.63) is 11.3 Å². The van der Waals surface area contributed by atoms with E-state index < -0.39 is 29.4 Å². The van der Waals surface area contributed by atoms with Crippen molar-refractivity contribution in [2.75, 3.05) is 0 Å². The first-order valence-electron chi connectivity index (χ1n) is 8.19. The average molecular weight is 403 g/mol. The van der Waals surface area contributed by atoms with E-state index >= 15 is 0 Å². The summed E-state index contributed by atoms with van der Waals surface area (Å²) in [4.78, 5) is 0. The summed E-state index contributed by atoms with van der Waals surface area (Å²) in [5.74, 6) is -0.125. The monoisotopic (exact) mass is 402 g/mol. The van der Waals surface area contributed by atoms with E-state index in [0.29, 0.717) is 18.4 Å². The van der Waals surface area contributed by atoms with Crippen molar-refractivity contribution in [1.82, 2.24) is 0 Å². The minimum Gasteiger partial charge on any atom is -0.414 e. The first kappa shape index (κ1) is 22.5. The van der Waals surface area contributed by atoms with Gasteiger partial charge in [-0.15, -0.1) is 0 Å². The third kappa shape index (κ3) is 5.00. The zero-order valence-electron chi connectivity index (χ0n) is 16.2. The molecule has 0 aromatic rings. The Morgan fingerprint density at radius 2 is 1.64 bits per heavy atom. The number of hydrogen-bond acceptors (Lipinski definition) is 4. The van der Waals surface area contributed by atoms with E-state index in [1.807, 2.05) is 0 Å². The Morgan fingerprint density at radius 3 is 2.00 bits per heavy atom. The molecule has 0 aromatic heterocycles. The second-order valence-electron chi connectivity index (χ2n) is 8.88. The van der Waals surface area contributed by atoms with Gasteiger partial charge < -0.3 is 8.61 Å². The van der Waals surface area contributed by atoms with E-state index in [1.54, 1.807) is 20.8 Å². The minimum atomic E-state index is -5.67. The fraction of sp³-hybridized carbons (Fsp3) is 0.875. The molecule has 0 bridgehead atoms. The van der Waals surface area contributed by atoms with Gasteiger partial charge in [0.15, 0.2) is 8.32 Å². The quantitative estimate of drug-likeness (QED) is 0.362. The molecule has 0 aromatic carbocycles. The maximum absolute atomic E-state index is 12.6. The normalized spacial score (nSPS) is 22.9. The van der Waals surface area contributed by atoms with Crippen molar-refractivity contribution in [1.29, 1.82) is 0 Å². The van der Waals surface area contributed by atoms with E-state index in [9.17, 15) is 21.6 Å². The Morgan fingerprint density at radius 1 is 1.16 bits per heavy atom. The standard InChI is InChI=1S/C16H29F3O4SSi/c1-11-9-12(23-25(7,8)14(2,3)4)10-15(5,6)13(11)22-24(20,21)16(17,18)19/h12H,9-10H2,1-8H3/t12-/m1/s1. The molecular formula is C16H29F3O4SSi. The molecule has 0 N–H and O–H groups in total. The van der Waals surface area contributed by atoms with Crippen LogP contribution in [0.1, 0.15) is 54.4 Å². The van der Waals surface area contributed by atoms with Crippen LogP contribution in [0.15, 0.2) is 11.3 Å². The van der Waals surface area contributed by atoms with Crippen LogP contribution in [-0.2, 0) is 18.7 Å². The van der Waals surface area contributed by atoms with Crippen molar-refractivity contribution in [3.63, 3.8) is 0 Å². The highest BCUT2D eigenvalue weighted by molar-refractivity contribution is 7.87. The third-order valence-electron chi connectivity index (χ3n) is 5.02. The predicted molar refractivity (Wildman–Crippen MR) is 93.8 cm³/mol. The van der Waals surface area contributed by atoms with Crippen LogP contribution >= 0.6 is 0 Å². The summed E-state index contributed by atoms with van der Waals surface area (Å²) < 4.78 is 71.6. The van der Waals surface area contributed by atoms with E-state index in [2.05, 4.69) is 38.0 Å². The molecule has 1 aliphatic rings. The lowest BCUT2D eigenvalue weighted by Crippen LogP contribution is -2.46. The molecule has 25 heavy (non-hydrogen) atoms. The second kappa shape index (κ2) is 6.56. The predicted octanol–water partition coefficient (Wildman–Crippen LogP) is 5.34. The molecule has 0 heterocycles. The molecule has 148 valence electrons. The maximum Gasteiger partial charge on any atom is 0.534 e. The van der Waals surface area contributed by atoms with E-state index in [1.165, 1.54) is 0 Å². The SMILES string of the molecule is CC1=C(OS(=O)(=O)C(F)(F)F)C(C)(C)C[C@H](O[Si](C)(C)C(C)(C)C)C1. The Hall–Kier alpha value is -0.543. The summed E-state index contributed by atoms with van der Waals surface area (Å²) in [5.41, 5.74) is -5.83. The molecule has 0 saturated heterocycles. The highest BCUT2D eigenvalue weighted by atomic mass is 32.2. The van der Waals surface area contributed by atoms with Gasteiger partial charge in [0.2, 0.25) is 0 Å². The lowest BCUT2D eigenvalue weighted by molar-refractivity contribution is -0.0538. The van der Waals surface area contributed by atoms with Crippen molar-refractivity contribution in [3.8, 4) is 0 Å². The molecule has 4 nitrogen and oxygen atoms in total. The van der Waals surface area contributed by atoms with Crippen LogP contribution in [0.2, 0.25) is 18.1 Å². The van der Waals surface area contributed by atoms with Gasteiger partial charge in [0.25, 0.3) is 0 Å². The van der Waals surface area contributed by atoms with E-state index in [4.69, 9.17) is 4.43 Å². The van der Waals surface area contributed by atoms with Gasteiger partial charge in [-0.25, -0.2) is 0 Å². The first-order valence-corrected chi connectivity index (χ1v) is 12.5. The zero-order valence-corrected chi connectivity index (χ0v) is 18.0. The second-order valence-corrected chi connectivity index (χ2v) is 15.2. The Labute approximate surface area is 150 Å². The van der Waals surface area contributed by atoms with Gasteiger partial charge in [0.1, 0.15) is 5.76 Å². The lowest BCUT2D eigenvalue weighted by Gasteiger charge is -2.44. The molecule has 0 fully saturated rings. The highest BCUT2D eigenvalue weighted by Crippen LogP contribution is 2.46. The summed E-state index contributed by atoms with van der Waals surface area (Å²) in [5, 5.41) is 0.00512. The Bertz CT molecular complexity index is 643. The molecule has 9 heteroatoms. The van der Waals surface area contributed by atoms with Crippen LogP contribution in [0.4, 0.5) is 13.2 Å². The number of halogens is 3. The van der Waals surface area contributed by atoms with Gasteiger partial charge in [-0.3, -0.25) is 0 Å². The number of hydrogen-bond donors (Lipinski definition) is 0. The summed E-state index contributed by atoms with van der Waals surface area (Å²) >= 11 is 0. The van der Waals surface area contributed by atoms with Gasteiger partial charge in [-0.1, -0.05) is 34.6 Å². The molecule has 0 unspecified atom stereocenters. The summed E-state index contributed by atoms with van der Waals surface area (Å²) in [6.45, 7) is 15.5. The largest absolute Gasteiger partial charge is 0.534 e. The van der Waals surface area contributed by atoms with Crippen molar-refractivity contribution >= 4 is 18.4 Å². The molecule has 0 amide bonds. The van der Waals surface area contributed by atoms with Gasteiger partial charge in [0.05, 0.1) is 0 Å². The topological polar surface area (TPSA) is 52.6 Å². The van der Waals surface area contributed by atoms with Crippen LogP contribution in [-0.4, -0.2) is 28.3 Å². The smallest absolute Gasteiger partial charge is 0.414 e. The molecule has 0 radical (unpaired) electrons. The average Bonchev–Trinajstić information content (AvgIpc) is 2.29. The highest BCUT2D eigenvalue weighted by Gasteiger charge is 2.51. The molecule has 0 aliphatic heterocycles. The summed E-state index contributed by atoms with van der Waals surface area (Å²) in [6.07, 6.45) is 0.593. The first-order chi connectivity index (χ1) is 10.8. The lowest BCUT2D eigenvalue weighted by atomic mass is 9.77. The Kier molecular flexibility index (Phi) is 5.91. The Balaban J connectivity index is 3.11. The fourth-order valence-corrected chi connectivity index (χ4v) is 4.80. The van der Waals surface area contributed by atoms with Crippen molar-refractivity contribution in [2.45, 2.75) is 84.1 Å².